The molecule has 1 aromatic rings. The number of hydrogen-bond acceptors (Lipinski definition) is 1. The van der Waals surface area contributed by atoms with Gasteiger partial charge in [0.05, 0.1) is 5.56 Å². The van der Waals surface area contributed by atoms with Crippen LogP contribution in [0.5, 0.6) is 0 Å². The van der Waals surface area contributed by atoms with Crippen molar-refractivity contribution in [3.63, 3.8) is 0 Å². The van der Waals surface area contributed by atoms with Crippen molar-refractivity contribution in [1.29, 1.82) is 0 Å². The Balaban J connectivity index is 2.44. The van der Waals surface area contributed by atoms with Gasteiger partial charge in [-0.2, -0.15) is 13.2 Å². The standard InChI is InChI=1S/C17H24F3N/c1-14(2)9-15(3,4)11-16(21,10-14)12-6-5-7-13(8-12)17(18,19)20/h5-8H,9-11,21H2,1-4H3. The van der Waals surface area contributed by atoms with Crippen LogP contribution in [-0.2, 0) is 11.7 Å². The van der Waals surface area contributed by atoms with Crippen LogP contribution >= 0.6 is 0 Å². The van der Waals surface area contributed by atoms with E-state index >= 15 is 0 Å². The Bertz CT molecular complexity index is 513. The van der Waals surface area contributed by atoms with E-state index in [4.69, 9.17) is 5.73 Å². The molecule has 1 aromatic carbocycles. The Hall–Kier alpha value is -1.03. The quantitative estimate of drug-likeness (QED) is 0.767. The lowest BCUT2D eigenvalue weighted by molar-refractivity contribution is -0.137. The Labute approximate surface area is 124 Å². The third kappa shape index (κ3) is 3.60. The molecule has 118 valence electrons. The Morgan fingerprint density at radius 1 is 0.952 bits per heavy atom. The highest BCUT2D eigenvalue weighted by Crippen LogP contribution is 2.53. The minimum Gasteiger partial charge on any atom is -0.321 e. The van der Waals surface area contributed by atoms with Crippen molar-refractivity contribution < 1.29 is 13.2 Å². The molecule has 1 saturated carbocycles. The lowest BCUT2D eigenvalue weighted by atomic mass is 9.57. The van der Waals surface area contributed by atoms with Crippen molar-refractivity contribution in [2.75, 3.05) is 0 Å². The predicted octanol–water partition coefficient (Wildman–Crippen LogP) is 5.10. The molecule has 0 atom stereocenters. The molecule has 1 aliphatic carbocycles. The van der Waals surface area contributed by atoms with Gasteiger partial charge in [-0.05, 0) is 47.8 Å². The van der Waals surface area contributed by atoms with Crippen LogP contribution in [0.3, 0.4) is 0 Å². The second kappa shape index (κ2) is 4.73. The Kier molecular flexibility index (Phi) is 3.68. The molecule has 2 N–H and O–H groups in total. The van der Waals surface area contributed by atoms with Gasteiger partial charge < -0.3 is 5.73 Å². The van der Waals surface area contributed by atoms with E-state index in [2.05, 4.69) is 27.7 Å². The molecule has 0 amide bonds. The molecule has 4 heteroatoms. The Morgan fingerprint density at radius 2 is 1.48 bits per heavy atom. The van der Waals surface area contributed by atoms with Crippen molar-refractivity contribution in [1.82, 2.24) is 0 Å². The fraction of sp³-hybridized carbons (Fsp3) is 0.647. The fourth-order valence-corrected chi connectivity index (χ4v) is 4.40. The average Bonchev–Trinajstić information content (AvgIpc) is 2.23. The highest BCUT2D eigenvalue weighted by molar-refractivity contribution is 5.32. The van der Waals surface area contributed by atoms with Gasteiger partial charge in [-0.3, -0.25) is 0 Å². The van der Waals surface area contributed by atoms with E-state index in [-0.39, 0.29) is 10.8 Å². The molecule has 2 rings (SSSR count). The zero-order valence-electron chi connectivity index (χ0n) is 13.1. The van der Waals surface area contributed by atoms with Crippen LogP contribution in [0.25, 0.3) is 0 Å². The zero-order chi connectivity index (χ0) is 16.1. The van der Waals surface area contributed by atoms with Crippen molar-refractivity contribution >= 4 is 0 Å². The largest absolute Gasteiger partial charge is 0.416 e. The smallest absolute Gasteiger partial charge is 0.321 e. The van der Waals surface area contributed by atoms with Gasteiger partial charge in [-0.25, -0.2) is 0 Å². The first-order valence-corrected chi connectivity index (χ1v) is 7.30. The van der Waals surface area contributed by atoms with Crippen molar-refractivity contribution in [3.05, 3.63) is 35.4 Å². The van der Waals surface area contributed by atoms with Gasteiger partial charge in [0.1, 0.15) is 0 Å². The van der Waals surface area contributed by atoms with Crippen LogP contribution in [0.15, 0.2) is 24.3 Å². The van der Waals surface area contributed by atoms with Gasteiger partial charge in [-0.15, -0.1) is 0 Å². The number of halogens is 3. The number of hydrogen-bond donors (Lipinski definition) is 1. The molecule has 21 heavy (non-hydrogen) atoms. The molecule has 0 aliphatic heterocycles. The first-order valence-electron chi connectivity index (χ1n) is 7.30. The van der Waals surface area contributed by atoms with E-state index in [1.807, 2.05) is 0 Å². The van der Waals surface area contributed by atoms with Gasteiger partial charge in [0, 0.05) is 5.54 Å². The maximum Gasteiger partial charge on any atom is 0.416 e. The SMILES string of the molecule is CC1(C)CC(C)(C)CC(N)(c2cccc(C(F)(F)F)c2)C1. The van der Waals surface area contributed by atoms with Crippen molar-refractivity contribution in [3.8, 4) is 0 Å². The zero-order valence-corrected chi connectivity index (χ0v) is 13.1. The molecule has 0 radical (unpaired) electrons. The van der Waals surface area contributed by atoms with Gasteiger partial charge >= 0.3 is 6.18 Å². The third-order valence-corrected chi connectivity index (χ3v) is 4.31. The molecule has 0 heterocycles. The molecular weight excluding hydrogens is 275 g/mol. The first kappa shape index (κ1) is 16.3. The van der Waals surface area contributed by atoms with Crippen LogP contribution in [-0.4, -0.2) is 0 Å². The van der Waals surface area contributed by atoms with Crippen LogP contribution in [0.4, 0.5) is 13.2 Å². The maximum absolute atomic E-state index is 12.9. The summed E-state index contributed by atoms with van der Waals surface area (Å²) >= 11 is 0. The van der Waals surface area contributed by atoms with Crippen molar-refractivity contribution in [2.24, 2.45) is 16.6 Å². The summed E-state index contributed by atoms with van der Waals surface area (Å²) in [4.78, 5) is 0. The van der Waals surface area contributed by atoms with Gasteiger partial charge in [-0.1, -0.05) is 39.8 Å². The van der Waals surface area contributed by atoms with Crippen molar-refractivity contribution in [2.45, 2.75) is 58.7 Å². The summed E-state index contributed by atoms with van der Waals surface area (Å²) in [5.41, 5.74) is 5.89. The van der Waals surface area contributed by atoms with E-state index in [9.17, 15) is 13.2 Å². The average molecular weight is 299 g/mol. The summed E-state index contributed by atoms with van der Waals surface area (Å²) in [7, 11) is 0. The second-order valence-electron chi connectivity index (χ2n) is 8.09. The van der Waals surface area contributed by atoms with Crippen LogP contribution < -0.4 is 5.73 Å². The van der Waals surface area contributed by atoms with E-state index in [1.54, 1.807) is 6.07 Å². The molecule has 0 saturated heterocycles. The fourth-order valence-electron chi connectivity index (χ4n) is 4.40. The lowest BCUT2D eigenvalue weighted by Crippen LogP contribution is -2.49. The Morgan fingerprint density at radius 3 is 1.95 bits per heavy atom. The van der Waals surface area contributed by atoms with E-state index in [0.717, 1.165) is 12.5 Å². The molecule has 1 aliphatic rings. The summed E-state index contributed by atoms with van der Waals surface area (Å²) in [6.07, 6.45) is -1.90. The third-order valence-electron chi connectivity index (χ3n) is 4.31. The molecule has 0 spiro atoms. The van der Waals surface area contributed by atoms with Gasteiger partial charge in [0.2, 0.25) is 0 Å². The lowest BCUT2D eigenvalue weighted by Gasteiger charge is -2.50. The van der Waals surface area contributed by atoms with E-state index < -0.39 is 17.3 Å². The monoisotopic (exact) mass is 299 g/mol. The summed E-state index contributed by atoms with van der Waals surface area (Å²) in [5.74, 6) is 0. The molecule has 0 bridgehead atoms. The summed E-state index contributed by atoms with van der Waals surface area (Å²) in [6.45, 7) is 8.57. The summed E-state index contributed by atoms with van der Waals surface area (Å²) < 4.78 is 38.8. The second-order valence-corrected chi connectivity index (χ2v) is 8.09. The topological polar surface area (TPSA) is 26.0 Å². The molecular formula is C17H24F3N. The summed E-state index contributed by atoms with van der Waals surface area (Å²) in [5, 5.41) is 0. The predicted molar refractivity (Wildman–Crippen MR) is 78.7 cm³/mol. The van der Waals surface area contributed by atoms with Gasteiger partial charge in [0.15, 0.2) is 0 Å². The van der Waals surface area contributed by atoms with Gasteiger partial charge in [0.25, 0.3) is 0 Å². The minimum absolute atomic E-state index is 0.0186. The highest BCUT2D eigenvalue weighted by atomic mass is 19.4. The summed E-state index contributed by atoms with van der Waals surface area (Å²) in [6, 6.07) is 5.51. The molecule has 0 aromatic heterocycles. The first-order chi connectivity index (χ1) is 9.33. The number of rotatable bonds is 1. The number of nitrogens with two attached hydrogens (primary N) is 1. The highest BCUT2D eigenvalue weighted by Gasteiger charge is 2.46. The van der Waals surface area contributed by atoms with Crippen LogP contribution in [0.2, 0.25) is 0 Å². The van der Waals surface area contributed by atoms with E-state index in [1.165, 1.54) is 12.1 Å². The van der Waals surface area contributed by atoms with Crippen LogP contribution in [0.1, 0.15) is 58.1 Å². The normalized spacial score (nSPS) is 23.8. The maximum atomic E-state index is 12.9. The number of alkyl halides is 3. The van der Waals surface area contributed by atoms with E-state index in [0.29, 0.717) is 18.4 Å². The molecule has 1 nitrogen and oxygen atoms in total. The molecule has 1 fully saturated rings. The number of benzene rings is 1. The molecule has 0 unspecified atom stereocenters. The minimum atomic E-state index is -4.33. The van der Waals surface area contributed by atoms with Crippen LogP contribution in [0, 0.1) is 10.8 Å².